The first-order valence-corrected chi connectivity index (χ1v) is 9.47. The summed E-state index contributed by atoms with van der Waals surface area (Å²) in [5, 5.41) is 2.60. The zero-order valence-corrected chi connectivity index (χ0v) is 15.5. The molecule has 0 spiro atoms. The number of rotatable bonds is 5. The van der Waals surface area contributed by atoms with E-state index >= 15 is 0 Å². The second kappa shape index (κ2) is 8.42. The molecule has 0 radical (unpaired) electrons. The van der Waals surface area contributed by atoms with Crippen LogP contribution in [0.2, 0.25) is 0 Å². The van der Waals surface area contributed by atoms with Gasteiger partial charge in [-0.15, -0.1) is 11.3 Å². The monoisotopic (exact) mass is 375 g/mol. The summed E-state index contributed by atoms with van der Waals surface area (Å²) in [5.41, 5.74) is 0.208. The van der Waals surface area contributed by atoms with E-state index in [0.717, 1.165) is 22.8 Å². The zero-order chi connectivity index (χ0) is 18.5. The van der Waals surface area contributed by atoms with Crippen LogP contribution in [0.5, 0.6) is 0 Å². The summed E-state index contributed by atoms with van der Waals surface area (Å²) in [6, 6.07) is 9.97. The third-order valence-electron chi connectivity index (χ3n) is 4.41. The molecular weight excluding hydrogens is 353 g/mol. The van der Waals surface area contributed by atoms with Gasteiger partial charge < -0.3 is 10.2 Å². The number of amides is 2. The lowest BCUT2D eigenvalue weighted by molar-refractivity contribution is -0.116. The molecule has 5 nitrogen and oxygen atoms in total. The van der Waals surface area contributed by atoms with Gasteiger partial charge in [0.2, 0.25) is 5.91 Å². The van der Waals surface area contributed by atoms with E-state index in [0.29, 0.717) is 26.1 Å². The first kappa shape index (κ1) is 18.5. The van der Waals surface area contributed by atoms with Crippen molar-refractivity contribution in [3.8, 4) is 0 Å². The molecule has 0 aliphatic carbocycles. The summed E-state index contributed by atoms with van der Waals surface area (Å²) >= 11 is 1.52. The molecule has 26 heavy (non-hydrogen) atoms. The fraction of sp³-hybridized carbons (Fsp3) is 0.368. The number of piperazine rings is 1. The van der Waals surface area contributed by atoms with Crippen LogP contribution >= 0.6 is 11.3 Å². The van der Waals surface area contributed by atoms with E-state index in [2.05, 4.69) is 10.2 Å². The number of benzene rings is 1. The van der Waals surface area contributed by atoms with Gasteiger partial charge in [0.05, 0.1) is 10.6 Å². The molecule has 0 saturated carbocycles. The number of carbonyl (C=O) groups excluding carboxylic acids is 2. The predicted molar refractivity (Wildman–Crippen MR) is 101 cm³/mol. The maximum absolute atomic E-state index is 13.5. The fourth-order valence-corrected chi connectivity index (χ4v) is 3.75. The van der Waals surface area contributed by atoms with Crippen molar-refractivity contribution in [1.29, 1.82) is 0 Å². The summed E-state index contributed by atoms with van der Waals surface area (Å²) < 4.78 is 13.5. The number of aryl methyl sites for hydroxylation is 1. The normalized spacial score (nSPS) is 15.1. The lowest BCUT2D eigenvalue weighted by atomic mass is 10.2. The Hall–Kier alpha value is -2.25. The van der Waals surface area contributed by atoms with Crippen molar-refractivity contribution in [1.82, 2.24) is 9.80 Å². The topological polar surface area (TPSA) is 52.7 Å². The minimum Gasteiger partial charge on any atom is -0.335 e. The summed E-state index contributed by atoms with van der Waals surface area (Å²) in [6.45, 7) is 5.38. The van der Waals surface area contributed by atoms with Gasteiger partial charge in [0.15, 0.2) is 0 Å². The molecule has 1 aliphatic heterocycles. The molecule has 0 unspecified atom stereocenters. The van der Waals surface area contributed by atoms with Crippen molar-refractivity contribution in [3.05, 3.63) is 52.0 Å². The summed E-state index contributed by atoms with van der Waals surface area (Å²) in [7, 11) is 0. The number of hydrogen-bond acceptors (Lipinski definition) is 4. The van der Waals surface area contributed by atoms with E-state index in [4.69, 9.17) is 0 Å². The minimum atomic E-state index is -0.434. The Morgan fingerprint density at radius 3 is 2.50 bits per heavy atom. The van der Waals surface area contributed by atoms with Gasteiger partial charge in [0, 0.05) is 44.0 Å². The van der Waals surface area contributed by atoms with Crippen LogP contribution in [-0.4, -0.2) is 54.3 Å². The fourth-order valence-electron chi connectivity index (χ4n) is 2.91. The Bertz CT molecular complexity index is 785. The Morgan fingerprint density at radius 2 is 1.85 bits per heavy atom. The van der Waals surface area contributed by atoms with Gasteiger partial charge in [-0.05, 0) is 31.2 Å². The molecule has 138 valence electrons. The Balaban J connectivity index is 1.42. The molecule has 2 aromatic rings. The Labute approximate surface area is 156 Å². The van der Waals surface area contributed by atoms with Crippen LogP contribution in [0, 0.1) is 12.7 Å². The van der Waals surface area contributed by atoms with Crippen molar-refractivity contribution >= 4 is 28.8 Å². The van der Waals surface area contributed by atoms with Crippen LogP contribution in [0.4, 0.5) is 10.1 Å². The van der Waals surface area contributed by atoms with E-state index in [1.807, 2.05) is 24.0 Å². The first-order chi connectivity index (χ1) is 12.5. The molecule has 3 rings (SSSR count). The largest absolute Gasteiger partial charge is 0.335 e. The molecule has 2 heterocycles. The van der Waals surface area contributed by atoms with Crippen molar-refractivity contribution in [3.63, 3.8) is 0 Å². The van der Waals surface area contributed by atoms with Crippen molar-refractivity contribution < 1.29 is 14.0 Å². The number of thiophene rings is 1. The lowest BCUT2D eigenvalue weighted by Gasteiger charge is -2.34. The maximum Gasteiger partial charge on any atom is 0.264 e. The van der Waals surface area contributed by atoms with E-state index in [1.165, 1.54) is 17.4 Å². The molecular formula is C19H22FN3O2S. The molecule has 1 N–H and O–H groups in total. The standard InChI is InChI=1S/C19H22FN3O2S/c1-14-6-7-17(26-14)19(25)23-12-10-22(11-13-23)9-8-18(24)21-16-5-3-2-4-15(16)20/h2-7H,8-13H2,1H3,(H,21,24). The van der Waals surface area contributed by atoms with Crippen LogP contribution < -0.4 is 5.32 Å². The van der Waals surface area contributed by atoms with Crippen LogP contribution in [0.3, 0.4) is 0 Å². The molecule has 1 saturated heterocycles. The van der Waals surface area contributed by atoms with Crippen molar-refractivity contribution in [2.24, 2.45) is 0 Å². The highest BCUT2D eigenvalue weighted by Crippen LogP contribution is 2.18. The highest BCUT2D eigenvalue weighted by atomic mass is 32.1. The van der Waals surface area contributed by atoms with Crippen LogP contribution in [0.1, 0.15) is 21.0 Å². The molecule has 1 aromatic heterocycles. The van der Waals surface area contributed by atoms with Gasteiger partial charge in [-0.3, -0.25) is 14.5 Å². The summed E-state index contributed by atoms with van der Waals surface area (Å²) in [6.07, 6.45) is 0.298. The zero-order valence-electron chi connectivity index (χ0n) is 14.7. The van der Waals surface area contributed by atoms with Crippen molar-refractivity contribution in [2.45, 2.75) is 13.3 Å². The number of nitrogens with one attached hydrogen (secondary N) is 1. The number of carbonyl (C=O) groups is 2. The first-order valence-electron chi connectivity index (χ1n) is 8.65. The van der Waals surface area contributed by atoms with Gasteiger partial charge in [0.25, 0.3) is 5.91 Å². The second-order valence-corrected chi connectivity index (χ2v) is 7.61. The van der Waals surface area contributed by atoms with Gasteiger partial charge in [-0.1, -0.05) is 12.1 Å². The SMILES string of the molecule is Cc1ccc(C(=O)N2CCN(CCC(=O)Nc3ccccc3F)CC2)s1. The molecule has 1 aromatic carbocycles. The number of nitrogens with zero attached hydrogens (tertiary/aromatic N) is 2. The predicted octanol–water partition coefficient (Wildman–Crippen LogP) is 2.98. The maximum atomic E-state index is 13.5. The van der Waals surface area contributed by atoms with Crippen LogP contribution in [0.15, 0.2) is 36.4 Å². The Morgan fingerprint density at radius 1 is 1.12 bits per heavy atom. The molecule has 0 atom stereocenters. The highest BCUT2D eigenvalue weighted by molar-refractivity contribution is 7.13. The molecule has 2 amide bonds. The van der Waals surface area contributed by atoms with Crippen LogP contribution in [0.25, 0.3) is 0 Å². The van der Waals surface area contributed by atoms with E-state index < -0.39 is 5.82 Å². The average Bonchev–Trinajstić information content (AvgIpc) is 3.08. The third kappa shape index (κ3) is 4.68. The number of para-hydroxylation sites is 1. The number of anilines is 1. The average molecular weight is 375 g/mol. The van der Waals surface area contributed by atoms with Crippen LogP contribution in [-0.2, 0) is 4.79 Å². The third-order valence-corrected chi connectivity index (χ3v) is 5.40. The van der Waals surface area contributed by atoms with E-state index in [9.17, 15) is 14.0 Å². The molecule has 1 fully saturated rings. The van der Waals surface area contributed by atoms with Gasteiger partial charge in [-0.25, -0.2) is 4.39 Å². The van der Waals surface area contributed by atoms with Gasteiger partial charge in [0.1, 0.15) is 5.82 Å². The Kier molecular flexibility index (Phi) is 6.00. The quantitative estimate of drug-likeness (QED) is 0.874. The molecule has 7 heteroatoms. The lowest BCUT2D eigenvalue weighted by Crippen LogP contribution is -2.49. The molecule has 0 bridgehead atoms. The summed E-state index contributed by atoms with van der Waals surface area (Å²) in [5.74, 6) is -0.556. The van der Waals surface area contributed by atoms with E-state index in [-0.39, 0.29) is 17.5 Å². The molecule has 1 aliphatic rings. The smallest absolute Gasteiger partial charge is 0.264 e. The highest BCUT2D eigenvalue weighted by Gasteiger charge is 2.23. The minimum absolute atomic E-state index is 0.0834. The number of halogens is 1. The van der Waals surface area contributed by atoms with E-state index in [1.54, 1.807) is 18.2 Å². The summed E-state index contributed by atoms with van der Waals surface area (Å²) in [4.78, 5) is 30.4. The van der Waals surface area contributed by atoms with Crippen molar-refractivity contribution in [2.75, 3.05) is 38.0 Å². The second-order valence-electron chi connectivity index (χ2n) is 6.32. The number of hydrogen-bond donors (Lipinski definition) is 1. The van der Waals surface area contributed by atoms with Gasteiger partial charge >= 0.3 is 0 Å². The van der Waals surface area contributed by atoms with Gasteiger partial charge in [-0.2, -0.15) is 0 Å².